The summed E-state index contributed by atoms with van der Waals surface area (Å²) in [6.45, 7) is 4.61. The van der Waals surface area contributed by atoms with Gasteiger partial charge in [-0.15, -0.1) is 0 Å². The second kappa shape index (κ2) is 4.16. The van der Waals surface area contributed by atoms with Crippen molar-refractivity contribution in [2.45, 2.75) is 19.5 Å². The predicted octanol–water partition coefficient (Wildman–Crippen LogP) is -0.856. The number of nitrogens with zero attached hydrogens (tertiary/aromatic N) is 3. The van der Waals surface area contributed by atoms with E-state index in [1.54, 1.807) is 11.7 Å². The molecule has 0 saturated carbocycles. The van der Waals surface area contributed by atoms with Crippen LogP contribution in [0.25, 0.3) is 0 Å². The third kappa shape index (κ3) is 1.82. The Morgan fingerprint density at radius 3 is 2.87 bits per heavy atom. The van der Waals surface area contributed by atoms with Crippen LogP contribution >= 0.6 is 0 Å². The normalized spacial score (nSPS) is 16.7. The summed E-state index contributed by atoms with van der Waals surface area (Å²) in [5.74, 6) is 0.780. The van der Waals surface area contributed by atoms with Gasteiger partial charge in [-0.3, -0.25) is 4.57 Å². The molecular weight excluding hydrogens is 196 g/mol. The molecule has 0 aromatic carbocycles. The van der Waals surface area contributed by atoms with Crippen molar-refractivity contribution < 1.29 is 4.74 Å². The van der Waals surface area contributed by atoms with Gasteiger partial charge < -0.3 is 10.1 Å². The van der Waals surface area contributed by atoms with Gasteiger partial charge in [0.1, 0.15) is 5.82 Å². The maximum atomic E-state index is 11.9. The van der Waals surface area contributed by atoms with E-state index in [1.165, 1.54) is 4.68 Å². The highest BCUT2D eigenvalue weighted by atomic mass is 16.5. The Bertz CT molecular complexity index is 391. The number of ether oxygens (including phenoxy) is 1. The van der Waals surface area contributed by atoms with Gasteiger partial charge in [0.2, 0.25) is 0 Å². The van der Waals surface area contributed by atoms with Crippen LogP contribution in [0.4, 0.5) is 0 Å². The van der Waals surface area contributed by atoms with Crippen molar-refractivity contribution in [1.82, 2.24) is 19.7 Å². The van der Waals surface area contributed by atoms with Crippen molar-refractivity contribution in [1.29, 1.82) is 0 Å². The van der Waals surface area contributed by atoms with Gasteiger partial charge in [0.05, 0.1) is 19.2 Å². The zero-order valence-corrected chi connectivity index (χ0v) is 9.06. The molecule has 1 N–H and O–H groups in total. The van der Waals surface area contributed by atoms with Crippen LogP contribution in [0.5, 0.6) is 0 Å². The minimum Gasteiger partial charge on any atom is -0.383 e. The van der Waals surface area contributed by atoms with E-state index < -0.39 is 0 Å². The molecule has 2 rings (SSSR count). The highest BCUT2D eigenvalue weighted by Crippen LogP contribution is 2.09. The Morgan fingerprint density at radius 1 is 1.60 bits per heavy atom. The molecule has 0 amide bonds. The van der Waals surface area contributed by atoms with Gasteiger partial charge in [0, 0.05) is 20.2 Å². The lowest BCUT2D eigenvalue weighted by molar-refractivity contribution is 0.181. The van der Waals surface area contributed by atoms with Crippen LogP contribution in [-0.4, -0.2) is 41.2 Å². The number of nitrogens with one attached hydrogen (secondary N) is 1. The fourth-order valence-corrected chi connectivity index (χ4v) is 1.73. The molecule has 1 aliphatic heterocycles. The summed E-state index contributed by atoms with van der Waals surface area (Å²) >= 11 is 0. The minimum absolute atomic E-state index is 0.0314. The Morgan fingerprint density at radius 2 is 2.33 bits per heavy atom. The van der Waals surface area contributed by atoms with Crippen molar-refractivity contribution in [2.24, 2.45) is 0 Å². The van der Waals surface area contributed by atoms with Crippen molar-refractivity contribution in [2.75, 3.05) is 26.8 Å². The highest BCUT2D eigenvalue weighted by Gasteiger charge is 2.24. The zero-order valence-electron chi connectivity index (χ0n) is 9.06. The number of hydrogen-bond donors (Lipinski definition) is 1. The highest BCUT2D eigenvalue weighted by molar-refractivity contribution is 4.93. The zero-order chi connectivity index (χ0) is 10.8. The molecule has 0 radical (unpaired) electrons. The van der Waals surface area contributed by atoms with E-state index >= 15 is 0 Å². The van der Waals surface area contributed by atoms with Crippen LogP contribution in [0.2, 0.25) is 0 Å². The van der Waals surface area contributed by atoms with Crippen molar-refractivity contribution >= 4 is 0 Å². The Hall–Kier alpha value is -1.14. The van der Waals surface area contributed by atoms with Crippen molar-refractivity contribution in [3.8, 4) is 0 Å². The lowest BCUT2D eigenvalue weighted by Gasteiger charge is -2.27. The van der Waals surface area contributed by atoms with Gasteiger partial charge >= 0.3 is 5.69 Å². The van der Waals surface area contributed by atoms with Crippen LogP contribution in [-0.2, 0) is 11.3 Å². The van der Waals surface area contributed by atoms with E-state index in [0.29, 0.717) is 13.2 Å². The molecule has 0 atom stereocenters. The van der Waals surface area contributed by atoms with Crippen LogP contribution in [0.3, 0.4) is 0 Å². The van der Waals surface area contributed by atoms with Crippen LogP contribution in [0, 0.1) is 6.92 Å². The molecule has 6 nitrogen and oxygen atoms in total. The first-order valence-corrected chi connectivity index (χ1v) is 5.09. The molecule has 0 unspecified atom stereocenters. The second-order valence-corrected chi connectivity index (χ2v) is 3.73. The standard InChI is InChI=1S/C9H16N4O2/c1-7-11-12(3-4-15-2)9(14)13(7)8-5-10-6-8/h8,10H,3-6H2,1-2H3. The third-order valence-corrected chi connectivity index (χ3v) is 2.67. The lowest BCUT2D eigenvalue weighted by atomic mass is 10.2. The van der Waals surface area contributed by atoms with Gasteiger partial charge in [-0.2, -0.15) is 5.10 Å². The SMILES string of the molecule is COCCn1nc(C)n(C2CNC2)c1=O. The van der Waals surface area contributed by atoms with Gasteiger partial charge in [0.25, 0.3) is 0 Å². The monoisotopic (exact) mass is 212 g/mol. The number of aromatic nitrogens is 3. The maximum absolute atomic E-state index is 11.9. The first-order chi connectivity index (χ1) is 7.24. The van der Waals surface area contributed by atoms with Gasteiger partial charge in [-0.25, -0.2) is 9.48 Å². The topological polar surface area (TPSA) is 61.1 Å². The average molecular weight is 212 g/mol. The quantitative estimate of drug-likeness (QED) is 0.706. The molecule has 15 heavy (non-hydrogen) atoms. The summed E-state index contributed by atoms with van der Waals surface area (Å²) in [5.41, 5.74) is -0.0314. The number of aryl methyl sites for hydroxylation is 1. The van der Waals surface area contributed by atoms with Crippen LogP contribution < -0.4 is 11.0 Å². The summed E-state index contributed by atoms with van der Waals surface area (Å²) < 4.78 is 8.15. The van der Waals surface area contributed by atoms with Crippen molar-refractivity contribution in [3.63, 3.8) is 0 Å². The van der Waals surface area contributed by atoms with E-state index in [2.05, 4.69) is 10.4 Å². The number of hydrogen-bond acceptors (Lipinski definition) is 4. The molecule has 0 bridgehead atoms. The van der Waals surface area contributed by atoms with E-state index in [9.17, 15) is 4.79 Å². The fourth-order valence-electron chi connectivity index (χ4n) is 1.73. The number of rotatable bonds is 4. The van der Waals surface area contributed by atoms with E-state index in [4.69, 9.17) is 4.74 Å². The smallest absolute Gasteiger partial charge is 0.346 e. The second-order valence-electron chi connectivity index (χ2n) is 3.73. The van der Waals surface area contributed by atoms with Crippen LogP contribution in [0.1, 0.15) is 11.9 Å². The molecule has 1 aliphatic rings. The molecular formula is C9H16N4O2. The molecule has 0 spiro atoms. The predicted molar refractivity (Wildman–Crippen MR) is 55.0 cm³/mol. The average Bonchev–Trinajstić information content (AvgIpc) is 2.40. The summed E-state index contributed by atoms with van der Waals surface area (Å²) in [4.78, 5) is 11.9. The van der Waals surface area contributed by atoms with E-state index in [0.717, 1.165) is 18.9 Å². The van der Waals surface area contributed by atoms with E-state index in [-0.39, 0.29) is 11.7 Å². The first kappa shape index (κ1) is 10.4. The minimum atomic E-state index is -0.0314. The maximum Gasteiger partial charge on any atom is 0.346 e. The van der Waals surface area contributed by atoms with E-state index in [1.807, 2.05) is 6.92 Å². The van der Waals surface area contributed by atoms with Crippen molar-refractivity contribution in [3.05, 3.63) is 16.3 Å². The Kier molecular flexibility index (Phi) is 2.88. The third-order valence-electron chi connectivity index (χ3n) is 2.67. The molecule has 6 heteroatoms. The van der Waals surface area contributed by atoms with Gasteiger partial charge in [0.15, 0.2) is 0 Å². The van der Waals surface area contributed by atoms with Gasteiger partial charge in [-0.05, 0) is 6.92 Å². The molecule has 84 valence electrons. The molecule has 1 aromatic heterocycles. The van der Waals surface area contributed by atoms with Gasteiger partial charge in [-0.1, -0.05) is 0 Å². The summed E-state index contributed by atoms with van der Waals surface area (Å²) in [7, 11) is 1.62. The largest absolute Gasteiger partial charge is 0.383 e. The molecule has 1 aromatic rings. The summed E-state index contributed by atoms with van der Waals surface area (Å²) in [6, 6.07) is 0.272. The summed E-state index contributed by atoms with van der Waals surface area (Å²) in [6.07, 6.45) is 0. The Labute approximate surface area is 87.8 Å². The summed E-state index contributed by atoms with van der Waals surface area (Å²) in [5, 5.41) is 7.36. The fraction of sp³-hybridized carbons (Fsp3) is 0.778. The first-order valence-electron chi connectivity index (χ1n) is 5.09. The molecule has 0 aliphatic carbocycles. The Balaban J connectivity index is 2.23. The molecule has 1 saturated heterocycles. The number of methoxy groups -OCH3 is 1. The molecule has 1 fully saturated rings. The lowest BCUT2D eigenvalue weighted by Crippen LogP contribution is -2.47. The molecule has 2 heterocycles. The van der Waals surface area contributed by atoms with Crippen LogP contribution in [0.15, 0.2) is 4.79 Å².